The van der Waals surface area contributed by atoms with Crippen LogP contribution in [0.1, 0.15) is 35.7 Å². The maximum atomic E-state index is 11.8. The van der Waals surface area contributed by atoms with E-state index in [9.17, 15) is 9.59 Å². The molecule has 4 nitrogen and oxygen atoms in total. The Bertz CT molecular complexity index is 482. The predicted octanol–water partition coefficient (Wildman–Crippen LogP) is 1.72. The fourth-order valence-electron chi connectivity index (χ4n) is 2.14. The molecule has 1 aromatic rings. The zero-order valence-corrected chi connectivity index (χ0v) is 10.7. The summed E-state index contributed by atoms with van der Waals surface area (Å²) < 4.78 is 5.52. The molecule has 0 heterocycles. The summed E-state index contributed by atoms with van der Waals surface area (Å²) in [5.74, 6) is 0.549. The smallest absolute Gasteiger partial charge is 0.260 e. The number of amides is 1. The molecular weight excluding hydrogens is 230 g/mol. The lowest BCUT2D eigenvalue weighted by Gasteiger charge is -2.18. The van der Waals surface area contributed by atoms with Gasteiger partial charge in [0.05, 0.1) is 0 Å². The molecule has 1 aliphatic rings. The van der Waals surface area contributed by atoms with Gasteiger partial charge in [-0.25, -0.2) is 0 Å². The topological polar surface area (TPSA) is 55.4 Å². The summed E-state index contributed by atoms with van der Waals surface area (Å²) in [4.78, 5) is 23.1. The summed E-state index contributed by atoms with van der Waals surface area (Å²) in [7, 11) is 1.57. The van der Waals surface area contributed by atoms with Crippen LogP contribution in [0.25, 0.3) is 0 Å². The molecule has 0 fully saturated rings. The number of carbonyl (C=O) groups is 2. The van der Waals surface area contributed by atoms with Gasteiger partial charge in [-0.3, -0.25) is 9.59 Å². The normalized spacial score (nSPS) is 15.8. The van der Waals surface area contributed by atoms with Crippen molar-refractivity contribution in [3.63, 3.8) is 0 Å². The molecule has 1 aliphatic carbocycles. The van der Waals surface area contributed by atoms with E-state index in [-0.39, 0.29) is 11.7 Å². The molecule has 2 rings (SSSR count). The van der Waals surface area contributed by atoms with Gasteiger partial charge in [0.25, 0.3) is 5.91 Å². The number of Topliss-reactive ketones (excluding diaryl/α,β-unsaturated/α-hetero) is 1. The highest BCUT2D eigenvalue weighted by Crippen LogP contribution is 2.25. The molecule has 0 radical (unpaired) electrons. The van der Waals surface area contributed by atoms with E-state index in [0.29, 0.717) is 12.2 Å². The third-order valence-corrected chi connectivity index (χ3v) is 3.16. The van der Waals surface area contributed by atoms with Crippen molar-refractivity contribution in [2.24, 2.45) is 0 Å². The van der Waals surface area contributed by atoms with E-state index in [0.717, 1.165) is 24.0 Å². The van der Waals surface area contributed by atoms with Crippen LogP contribution in [0.3, 0.4) is 0 Å². The monoisotopic (exact) mass is 247 g/mol. The van der Waals surface area contributed by atoms with E-state index in [2.05, 4.69) is 5.32 Å². The van der Waals surface area contributed by atoms with Crippen molar-refractivity contribution in [2.45, 2.75) is 32.3 Å². The highest BCUT2D eigenvalue weighted by atomic mass is 16.5. The number of nitrogens with one attached hydrogen (secondary N) is 1. The van der Waals surface area contributed by atoms with Gasteiger partial charge in [0, 0.05) is 19.0 Å². The molecule has 0 saturated carbocycles. The molecular formula is C14H17NO3. The molecule has 96 valence electrons. The first kappa shape index (κ1) is 12.6. The molecule has 1 N–H and O–H groups in total. The molecule has 0 bridgehead atoms. The van der Waals surface area contributed by atoms with Gasteiger partial charge in [0.15, 0.2) is 11.9 Å². The van der Waals surface area contributed by atoms with Gasteiger partial charge in [-0.15, -0.1) is 0 Å². The number of benzene rings is 1. The van der Waals surface area contributed by atoms with Gasteiger partial charge in [-0.1, -0.05) is 6.07 Å². The quantitative estimate of drug-likeness (QED) is 0.884. The number of aryl methyl sites for hydroxylation is 1. The molecule has 1 atom stereocenters. The Morgan fingerprint density at radius 3 is 2.89 bits per heavy atom. The zero-order valence-electron chi connectivity index (χ0n) is 10.7. The molecule has 1 unspecified atom stereocenters. The van der Waals surface area contributed by atoms with Crippen LogP contribution in [0.2, 0.25) is 0 Å². The van der Waals surface area contributed by atoms with Crippen LogP contribution >= 0.6 is 0 Å². The minimum atomic E-state index is -0.563. The standard InChI is InChI=1S/C14H17NO3/c1-9(14(17)15-2)18-11-7-6-10-4-3-5-13(16)12(10)8-11/h6-9H,3-5H2,1-2H3,(H,15,17). The molecule has 1 amide bonds. The Morgan fingerprint density at radius 1 is 1.39 bits per heavy atom. The molecule has 0 spiro atoms. The zero-order chi connectivity index (χ0) is 13.1. The average Bonchev–Trinajstić information content (AvgIpc) is 2.38. The maximum Gasteiger partial charge on any atom is 0.260 e. The first-order chi connectivity index (χ1) is 8.61. The van der Waals surface area contributed by atoms with Crippen LogP contribution in [0, 0.1) is 0 Å². The highest BCUT2D eigenvalue weighted by Gasteiger charge is 2.19. The second-order valence-corrected chi connectivity index (χ2v) is 4.47. The second-order valence-electron chi connectivity index (χ2n) is 4.47. The first-order valence-electron chi connectivity index (χ1n) is 6.16. The Morgan fingerprint density at radius 2 is 2.17 bits per heavy atom. The van der Waals surface area contributed by atoms with Crippen LogP contribution < -0.4 is 10.1 Å². The Hall–Kier alpha value is -1.84. The third kappa shape index (κ3) is 2.53. The van der Waals surface area contributed by atoms with E-state index in [4.69, 9.17) is 4.74 Å². The van der Waals surface area contributed by atoms with Crippen molar-refractivity contribution in [2.75, 3.05) is 7.05 Å². The number of ketones is 1. The Kier molecular flexibility index (Phi) is 3.65. The molecule has 4 heteroatoms. The van der Waals surface area contributed by atoms with Crippen molar-refractivity contribution in [1.82, 2.24) is 5.32 Å². The summed E-state index contributed by atoms with van der Waals surface area (Å²) >= 11 is 0. The molecule has 18 heavy (non-hydrogen) atoms. The fourth-order valence-corrected chi connectivity index (χ4v) is 2.14. The minimum Gasteiger partial charge on any atom is -0.481 e. The van der Waals surface area contributed by atoms with E-state index >= 15 is 0 Å². The lowest BCUT2D eigenvalue weighted by atomic mass is 9.90. The first-order valence-corrected chi connectivity index (χ1v) is 6.16. The largest absolute Gasteiger partial charge is 0.481 e. The van der Waals surface area contributed by atoms with E-state index in [1.807, 2.05) is 12.1 Å². The van der Waals surface area contributed by atoms with Gasteiger partial charge >= 0.3 is 0 Å². The number of rotatable bonds is 3. The molecule has 1 aromatic carbocycles. The Balaban J connectivity index is 2.18. The van der Waals surface area contributed by atoms with Crippen LogP contribution in [0.4, 0.5) is 0 Å². The van der Waals surface area contributed by atoms with E-state index in [1.165, 1.54) is 0 Å². The summed E-state index contributed by atoms with van der Waals surface area (Å²) in [5, 5.41) is 2.53. The van der Waals surface area contributed by atoms with Crippen LogP contribution in [0.15, 0.2) is 18.2 Å². The van der Waals surface area contributed by atoms with Crippen LogP contribution in [0.5, 0.6) is 5.75 Å². The number of ether oxygens (including phenoxy) is 1. The van der Waals surface area contributed by atoms with E-state index < -0.39 is 6.10 Å². The van der Waals surface area contributed by atoms with Crippen molar-refractivity contribution in [1.29, 1.82) is 0 Å². The van der Waals surface area contributed by atoms with Crippen LogP contribution in [-0.2, 0) is 11.2 Å². The van der Waals surface area contributed by atoms with Gasteiger partial charge in [-0.05, 0) is 37.5 Å². The summed E-state index contributed by atoms with van der Waals surface area (Å²) in [5.41, 5.74) is 1.81. The van der Waals surface area contributed by atoms with Crippen molar-refractivity contribution in [3.8, 4) is 5.75 Å². The number of hydrogen-bond donors (Lipinski definition) is 1. The summed E-state index contributed by atoms with van der Waals surface area (Å²) in [6.07, 6.45) is 1.89. The summed E-state index contributed by atoms with van der Waals surface area (Å²) in [6.45, 7) is 1.68. The number of carbonyl (C=O) groups excluding carboxylic acids is 2. The molecule has 0 aromatic heterocycles. The second kappa shape index (κ2) is 5.21. The minimum absolute atomic E-state index is 0.161. The predicted molar refractivity (Wildman–Crippen MR) is 67.9 cm³/mol. The average molecular weight is 247 g/mol. The van der Waals surface area contributed by atoms with Gasteiger partial charge in [0.1, 0.15) is 5.75 Å². The van der Waals surface area contributed by atoms with E-state index in [1.54, 1.807) is 20.0 Å². The summed E-state index contributed by atoms with van der Waals surface area (Å²) in [6, 6.07) is 5.48. The highest BCUT2D eigenvalue weighted by molar-refractivity contribution is 5.98. The lowest BCUT2D eigenvalue weighted by Crippen LogP contribution is -2.33. The van der Waals surface area contributed by atoms with Crippen molar-refractivity contribution >= 4 is 11.7 Å². The number of hydrogen-bond acceptors (Lipinski definition) is 3. The van der Waals surface area contributed by atoms with Crippen molar-refractivity contribution < 1.29 is 14.3 Å². The third-order valence-electron chi connectivity index (χ3n) is 3.16. The fraction of sp³-hybridized carbons (Fsp3) is 0.429. The van der Waals surface area contributed by atoms with Crippen LogP contribution in [-0.4, -0.2) is 24.8 Å². The van der Waals surface area contributed by atoms with Gasteiger partial charge in [0.2, 0.25) is 0 Å². The SMILES string of the molecule is CNC(=O)C(C)Oc1ccc2c(c1)C(=O)CCC2. The molecule has 0 saturated heterocycles. The lowest BCUT2D eigenvalue weighted by molar-refractivity contribution is -0.126. The number of fused-ring (bicyclic) bond motifs is 1. The molecule has 0 aliphatic heterocycles. The number of likely N-dealkylation sites (N-methyl/N-ethyl adjacent to an activating group) is 1. The maximum absolute atomic E-state index is 11.8. The van der Waals surface area contributed by atoms with Gasteiger partial charge in [-0.2, -0.15) is 0 Å². The van der Waals surface area contributed by atoms with Crippen molar-refractivity contribution in [3.05, 3.63) is 29.3 Å². The Labute approximate surface area is 106 Å². The van der Waals surface area contributed by atoms with Gasteiger partial charge < -0.3 is 10.1 Å².